The Balaban J connectivity index is 1.44. The van der Waals surface area contributed by atoms with E-state index in [1.165, 1.54) is 19.2 Å². The van der Waals surface area contributed by atoms with E-state index >= 15 is 0 Å². The molecule has 19 heteroatoms. The van der Waals surface area contributed by atoms with E-state index in [-0.39, 0.29) is 10.8 Å². The van der Waals surface area contributed by atoms with Crippen molar-refractivity contribution < 1.29 is 50.9 Å². The number of aryl methyl sites for hydroxylation is 2. The second-order valence-corrected chi connectivity index (χ2v) is 12.8. The predicted octanol–water partition coefficient (Wildman–Crippen LogP) is 0.201. The molecule has 47 heavy (non-hydrogen) atoms. The second kappa shape index (κ2) is 14.4. The standard InChI is InChI=1S/C28H33N7O10S2/c1-28(2)23(25(37)35(28)45-47(40,41)42)32-24(36)22(20-15-46-27(30)31-20)33-44-21(26(38)39)14-43-19-10-7-16(8-11-19)17-6-9-18(5-4-12-29)34(3)13-17/h6-11,13,15,21,23H,4-5,12,14,29H2,1-3H3,(H4-,30,31,32,36,38,39,40,41,42)/p+1/b33-22-/t21?,23-/m1/s1. The molecule has 3 aromatic rings. The van der Waals surface area contributed by atoms with E-state index in [2.05, 4.69) is 19.7 Å². The largest absolute Gasteiger partial charge is 0.489 e. The van der Waals surface area contributed by atoms with Gasteiger partial charge in [0.2, 0.25) is 0 Å². The number of carbonyl (C=O) groups is 3. The van der Waals surface area contributed by atoms with Gasteiger partial charge < -0.3 is 31.5 Å². The van der Waals surface area contributed by atoms with Crippen LogP contribution >= 0.6 is 11.3 Å². The van der Waals surface area contributed by atoms with Gasteiger partial charge in [-0.1, -0.05) is 17.3 Å². The zero-order valence-corrected chi connectivity index (χ0v) is 27.2. The minimum atomic E-state index is -5.01. The van der Waals surface area contributed by atoms with Crippen molar-refractivity contribution in [2.75, 3.05) is 18.9 Å². The molecule has 2 atom stereocenters. The second-order valence-electron chi connectivity index (χ2n) is 10.9. The van der Waals surface area contributed by atoms with Crippen molar-refractivity contribution in [3.63, 3.8) is 0 Å². The normalized spacial score (nSPS) is 16.7. The number of hydrogen-bond acceptors (Lipinski definition) is 13. The number of oxime groups is 1. The number of aliphatic carboxylic acids is 1. The lowest BCUT2D eigenvalue weighted by Gasteiger charge is -2.50. The number of rotatable bonds is 15. The number of nitrogens with zero attached hydrogens (tertiary/aromatic N) is 4. The van der Waals surface area contributed by atoms with Crippen molar-refractivity contribution in [2.24, 2.45) is 17.9 Å². The lowest BCUT2D eigenvalue weighted by Crippen LogP contribution is -2.76. The van der Waals surface area contributed by atoms with Crippen LogP contribution in [-0.2, 0) is 47.4 Å². The van der Waals surface area contributed by atoms with Crippen LogP contribution in [0.1, 0.15) is 31.7 Å². The minimum Gasteiger partial charge on any atom is -0.489 e. The summed E-state index contributed by atoms with van der Waals surface area (Å²) in [5, 5.41) is 17.6. The summed E-state index contributed by atoms with van der Waals surface area (Å²) in [6.45, 7) is 2.85. The molecule has 0 saturated carbocycles. The number of amides is 2. The first-order valence-electron chi connectivity index (χ1n) is 14.0. The fourth-order valence-electron chi connectivity index (χ4n) is 4.55. The number of pyridine rings is 1. The first-order chi connectivity index (χ1) is 22.1. The lowest BCUT2D eigenvalue weighted by atomic mass is 9.84. The molecule has 0 radical (unpaired) electrons. The molecule has 4 rings (SSSR count). The average molecular weight is 693 g/mol. The molecule has 1 aliphatic rings. The molecule has 1 aromatic carbocycles. The monoisotopic (exact) mass is 692 g/mol. The minimum absolute atomic E-state index is 0.0612. The number of anilines is 1. The van der Waals surface area contributed by atoms with Gasteiger partial charge in [0.1, 0.15) is 31.1 Å². The number of benzene rings is 1. The average Bonchev–Trinajstić information content (AvgIpc) is 3.44. The smallest absolute Gasteiger partial charge is 0.418 e. The molecule has 3 heterocycles. The molecule has 252 valence electrons. The Hall–Kier alpha value is -4.69. The molecular weight excluding hydrogens is 658 g/mol. The van der Waals surface area contributed by atoms with Crippen molar-refractivity contribution in [3.05, 3.63) is 59.4 Å². The van der Waals surface area contributed by atoms with Gasteiger partial charge in [0, 0.05) is 23.4 Å². The Bertz CT molecular complexity index is 1780. The Kier molecular flexibility index (Phi) is 10.8. The van der Waals surface area contributed by atoms with Crippen molar-refractivity contribution in [3.8, 4) is 16.9 Å². The number of ether oxygens (including phenoxy) is 1. The van der Waals surface area contributed by atoms with E-state index in [9.17, 15) is 27.9 Å². The highest BCUT2D eigenvalue weighted by Gasteiger charge is 2.58. The van der Waals surface area contributed by atoms with E-state index in [1.54, 1.807) is 12.1 Å². The molecule has 7 N–H and O–H groups in total. The SMILES string of the molecule is C[n+]1cc(-c2ccc(OCC(O/N=C(\C(=O)N[C@@H]3C(=O)N(OS(=O)(=O)O)C3(C)C)c3csc(N)n3)C(=O)O)cc2)ccc1CCCN. The third kappa shape index (κ3) is 8.57. The summed E-state index contributed by atoms with van der Waals surface area (Å²) >= 11 is 0.961. The Morgan fingerprint density at radius 1 is 1.21 bits per heavy atom. The number of hydrogen-bond donors (Lipinski definition) is 5. The van der Waals surface area contributed by atoms with Gasteiger partial charge in [0.15, 0.2) is 22.7 Å². The molecule has 0 aliphatic carbocycles. The number of β-lactam (4-membered cyclic amide) rings is 1. The van der Waals surface area contributed by atoms with Gasteiger partial charge in [-0.25, -0.2) is 14.3 Å². The van der Waals surface area contributed by atoms with Crippen LogP contribution in [0.5, 0.6) is 5.75 Å². The summed E-state index contributed by atoms with van der Waals surface area (Å²) in [6, 6.07) is 9.70. The highest BCUT2D eigenvalue weighted by atomic mass is 32.3. The van der Waals surface area contributed by atoms with Gasteiger partial charge in [-0.3, -0.25) is 14.1 Å². The van der Waals surface area contributed by atoms with Gasteiger partial charge in [0.05, 0.1) is 5.54 Å². The van der Waals surface area contributed by atoms with Crippen LogP contribution in [0.15, 0.2) is 53.1 Å². The van der Waals surface area contributed by atoms with Crippen molar-refractivity contribution in [2.45, 2.75) is 44.4 Å². The molecule has 1 saturated heterocycles. The Morgan fingerprint density at radius 3 is 2.45 bits per heavy atom. The zero-order valence-electron chi connectivity index (χ0n) is 25.5. The fraction of sp³-hybridized carbons (Fsp3) is 0.357. The highest BCUT2D eigenvalue weighted by molar-refractivity contribution is 7.80. The maximum absolute atomic E-state index is 13.2. The van der Waals surface area contributed by atoms with Crippen LogP contribution in [0.25, 0.3) is 11.1 Å². The number of nitrogens with one attached hydrogen (secondary N) is 1. The number of carboxylic acid groups (broad SMARTS) is 1. The van der Waals surface area contributed by atoms with E-state index in [0.29, 0.717) is 17.4 Å². The van der Waals surface area contributed by atoms with Crippen LogP contribution < -0.4 is 26.1 Å². The molecule has 0 spiro atoms. The fourth-order valence-corrected chi connectivity index (χ4v) is 5.55. The zero-order chi connectivity index (χ0) is 34.5. The summed E-state index contributed by atoms with van der Waals surface area (Å²) in [6.07, 6.45) is 2.08. The number of hydroxylamine groups is 2. The molecule has 2 aromatic heterocycles. The number of nitrogens with two attached hydrogens (primary N) is 2. The van der Waals surface area contributed by atoms with Crippen molar-refractivity contribution >= 4 is 50.4 Å². The molecular formula is C28H34N7O10S2+. The van der Waals surface area contributed by atoms with Crippen LogP contribution in [0.3, 0.4) is 0 Å². The van der Waals surface area contributed by atoms with Crippen LogP contribution in [-0.4, -0.2) is 82.5 Å². The van der Waals surface area contributed by atoms with Gasteiger partial charge in [-0.15, -0.1) is 15.6 Å². The van der Waals surface area contributed by atoms with Crippen LogP contribution in [0.4, 0.5) is 5.13 Å². The summed E-state index contributed by atoms with van der Waals surface area (Å²) in [5.74, 6) is -3.10. The number of carbonyl (C=O) groups excluding carboxylic acids is 2. The number of thiazole rings is 1. The van der Waals surface area contributed by atoms with Crippen molar-refractivity contribution in [1.29, 1.82) is 0 Å². The third-order valence-corrected chi connectivity index (χ3v) is 8.13. The van der Waals surface area contributed by atoms with Crippen LogP contribution in [0, 0.1) is 0 Å². The molecule has 2 amide bonds. The van der Waals surface area contributed by atoms with E-state index in [0.717, 1.165) is 41.0 Å². The quantitative estimate of drug-likeness (QED) is 0.0470. The third-order valence-electron chi connectivity index (χ3n) is 7.11. The van der Waals surface area contributed by atoms with Gasteiger partial charge in [-0.05, 0) is 50.6 Å². The maximum Gasteiger partial charge on any atom is 0.418 e. The lowest BCUT2D eigenvalue weighted by molar-refractivity contribution is -0.678. The molecule has 0 bridgehead atoms. The Labute approximate surface area is 273 Å². The maximum atomic E-state index is 13.2. The predicted molar refractivity (Wildman–Crippen MR) is 167 cm³/mol. The first-order valence-corrected chi connectivity index (χ1v) is 16.3. The van der Waals surface area contributed by atoms with E-state index in [1.807, 2.05) is 42.1 Å². The topological polar surface area (TPSA) is 250 Å². The molecule has 17 nitrogen and oxygen atoms in total. The van der Waals surface area contributed by atoms with Gasteiger partial charge >= 0.3 is 16.4 Å². The number of carboxylic acids is 1. The molecule has 1 unspecified atom stereocenters. The highest BCUT2D eigenvalue weighted by Crippen LogP contribution is 2.33. The number of aromatic nitrogens is 2. The number of nitrogen functional groups attached to an aromatic ring is 1. The van der Waals surface area contributed by atoms with Gasteiger partial charge in [0.25, 0.3) is 17.9 Å². The van der Waals surface area contributed by atoms with E-state index < -0.39 is 58.2 Å². The summed E-state index contributed by atoms with van der Waals surface area (Å²) in [7, 11) is -3.05. The molecule has 1 fully saturated rings. The van der Waals surface area contributed by atoms with Gasteiger partial charge in [-0.2, -0.15) is 13.5 Å². The Morgan fingerprint density at radius 2 is 1.89 bits per heavy atom. The first kappa shape index (κ1) is 35.2. The van der Waals surface area contributed by atoms with Crippen LogP contribution in [0.2, 0.25) is 0 Å². The van der Waals surface area contributed by atoms with Crippen molar-refractivity contribution in [1.82, 2.24) is 15.4 Å². The van der Waals surface area contributed by atoms with E-state index in [4.69, 9.17) is 25.6 Å². The summed E-state index contributed by atoms with van der Waals surface area (Å²) in [5.41, 5.74) is 12.3. The summed E-state index contributed by atoms with van der Waals surface area (Å²) < 4.78 is 43.1. The summed E-state index contributed by atoms with van der Waals surface area (Å²) in [4.78, 5) is 46.9. The molecule has 1 aliphatic heterocycles.